The Morgan fingerprint density at radius 1 is 0.981 bits per heavy atom. The number of pyridine rings is 1. The number of halogens is 2. The standard InChI is InChI=1S/C40H46BCl2N5O5S/c1-7-17-48(54(52,53)29-9-8-16-44-21-29)22-27-18-25(10-13-31(27)42)35(26-11-15-34-33(19-26)45-46-47(34)6)36(38(50)51)37(49)30-20-28(12-14-32(30)43)41-23-39(2,3)40(4,5)24-41/h8-16,18-21,35-37,49H,7,17,22-24H2,1-6H3,(H,50,51). The van der Waals surface area contributed by atoms with E-state index in [9.17, 15) is 23.4 Å². The third-order valence-electron chi connectivity index (χ3n) is 11.7. The lowest BCUT2D eigenvalue weighted by atomic mass is 9.42. The van der Waals surface area contributed by atoms with Crippen LogP contribution in [0, 0.1) is 16.7 Å². The summed E-state index contributed by atoms with van der Waals surface area (Å²) in [6.45, 7) is 11.3. The third kappa shape index (κ3) is 7.68. The first-order valence-corrected chi connectivity index (χ1v) is 20.3. The van der Waals surface area contributed by atoms with Crippen molar-refractivity contribution in [2.24, 2.45) is 23.8 Å². The zero-order valence-electron chi connectivity index (χ0n) is 31.4. The maximum atomic E-state index is 13.8. The van der Waals surface area contributed by atoms with Crippen molar-refractivity contribution in [3.8, 4) is 0 Å². The van der Waals surface area contributed by atoms with E-state index < -0.39 is 33.9 Å². The molecule has 0 radical (unpaired) electrons. The van der Waals surface area contributed by atoms with Crippen molar-refractivity contribution in [1.29, 1.82) is 0 Å². The lowest BCUT2D eigenvalue weighted by Gasteiger charge is -2.35. The predicted molar refractivity (Wildman–Crippen MR) is 214 cm³/mol. The quantitative estimate of drug-likeness (QED) is 0.116. The van der Waals surface area contributed by atoms with Crippen molar-refractivity contribution >= 4 is 62.4 Å². The van der Waals surface area contributed by atoms with Crippen LogP contribution in [0.1, 0.15) is 75.3 Å². The number of sulfonamides is 1. The monoisotopic (exact) mass is 789 g/mol. The Bertz CT molecular complexity index is 2270. The number of carboxylic acid groups (broad SMARTS) is 1. The van der Waals surface area contributed by atoms with Crippen LogP contribution >= 0.6 is 23.2 Å². The molecule has 1 aliphatic heterocycles. The molecule has 3 heterocycles. The molecule has 0 spiro atoms. The first-order chi connectivity index (χ1) is 25.4. The Hall–Kier alpha value is -3.81. The number of hydrogen-bond acceptors (Lipinski definition) is 7. The molecular weight excluding hydrogens is 744 g/mol. The van der Waals surface area contributed by atoms with Gasteiger partial charge in [0.2, 0.25) is 10.0 Å². The highest BCUT2D eigenvalue weighted by atomic mass is 35.5. The molecule has 0 aliphatic carbocycles. The van der Waals surface area contributed by atoms with E-state index in [0.29, 0.717) is 39.2 Å². The molecule has 5 aromatic rings. The topological polar surface area (TPSA) is 139 Å². The average Bonchev–Trinajstić information content (AvgIpc) is 3.60. The summed E-state index contributed by atoms with van der Waals surface area (Å²) in [5.74, 6) is -3.61. The molecule has 3 aromatic carbocycles. The van der Waals surface area contributed by atoms with Gasteiger partial charge in [0.25, 0.3) is 0 Å². The van der Waals surface area contributed by atoms with Crippen LogP contribution < -0.4 is 5.46 Å². The molecule has 0 amide bonds. The number of aromatic nitrogens is 4. The van der Waals surface area contributed by atoms with Crippen molar-refractivity contribution in [3.63, 3.8) is 0 Å². The number of aryl methyl sites for hydroxylation is 1. The van der Waals surface area contributed by atoms with Crippen LogP contribution in [0.15, 0.2) is 84.0 Å². The summed E-state index contributed by atoms with van der Waals surface area (Å²) in [5, 5.41) is 32.3. The van der Waals surface area contributed by atoms with Crippen molar-refractivity contribution in [2.45, 2.75) is 77.1 Å². The van der Waals surface area contributed by atoms with Crippen LogP contribution in [0.3, 0.4) is 0 Å². The molecule has 2 N–H and O–H groups in total. The van der Waals surface area contributed by atoms with Crippen molar-refractivity contribution in [3.05, 3.63) is 111 Å². The van der Waals surface area contributed by atoms with Gasteiger partial charge in [0.15, 0.2) is 6.71 Å². The van der Waals surface area contributed by atoms with Crippen LogP contribution in [0.2, 0.25) is 22.7 Å². The van der Waals surface area contributed by atoms with Crippen LogP contribution in [0.4, 0.5) is 0 Å². The molecule has 14 heteroatoms. The molecule has 0 saturated carbocycles. The van der Waals surface area contributed by atoms with Crippen LogP contribution in [0.5, 0.6) is 0 Å². The van der Waals surface area contributed by atoms with Gasteiger partial charge in [-0.15, -0.1) is 5.10 Å². The van der Waals surface area contributed by atoms with Crippen LogP contribution in [-0.4, -0.2) is 62.1 Å². The van der Waals surface area contributed by atoms with Gasteiger partial charge >= 0.3 is 5.97 Å². The molecule has 284 valence electrons. The molecule has 6 rings (SSSR count). The fraction of sp³-hybridized carbons (Fsp3) is 0.400. The number of carboxylic acids is 1. The van der Waals surface area contributed by atoms with E-state index in [1.165, 1.54) is 22.8 Å². The summed E-state index contributed by atoms with van der Waals surface area (Å²) >= 11 is 13.6. The maximum absolute atomic E-state index is 13.8. The van der Waals surface area contributed by atoms with Gasteiger partial charge in [-0.2, -0.15) is 4.31 Å². The number of fused-ring (bicyclic) bond motifs is 1. The first kappa shape index (κ1) is 39.9. The highest BCUT2D eigenvalue weighted by Crippen LogP contribution is 2.53. The summed E-state index contributed by atoms with van der Waals surface area (Å²) in [7, 11) is -2.18. The Balaban J connectivity index is 1.46. The minimum Gasteiger partial charge on any atom is -0.481 e. The van der Waals surface area contributed by atoms with Gasteiger partial charge in [-0.1, -0.05) is 111 Å². The van der Waals surface area contributed by atoms with E-state index in [4.69, 9.17) is 23.2 Å². The number of aliphatic hydroxyl groups is 1. The maximum Gasteiger partial charge on any atom is 0.310 e. The number of rotatable bonds is 13. The average molecular weight is 791 g/mol. The SMILES string of the molecule is CCCN(Cc1cc(C(c2ccc3c(c2)nnn3C)C(C(=O)O)C(O)c2cc(B3CC(C)(C)C(C)(C)C3)ccc2Cl)ccc1Cl)S(=O)(=O)c1cccnc1. The molecule has 54 heavy (non-hydrogen) atoms. The zero-order valence-corrected chi connectivity index (χ0v) is 33.7. The fourth-order valence-electron chi connectivity index (χ4n) is 7.93. The zero-order chi connectivity index (χ0) is 39.2. The smallest absolute Gasteiger partial charge is 0.310 e. The van der Waals surface area contributed by atoms with Gasteiger partial charge in [0.1, 0.15) is 10.4 Å². The van der Waals surface area contributed by atoms with Gasteiger partial charge < -0.3 is 10.2 Å². The number of benzene rings is 3. The summed E-state index contributed by atoms with van der Waals surface area (Å²) in [5.41, 5.74) is 4.38. The van der Waals surface area contributed by atoms with E-state index in [1.807, 2.05) is 31.2 Å². The summed E-state index contributed by atoms with van der Waals surface area (Å²) in [4.78, 5) is 17.6. The second kappa shape index (κ2) is 15.4. The second-order valence-electron chi connectivity index (χ2n) is 15.8. The van der Waals surface area contributed by atoms with E-state index in [2.05, 4.69) is 43.0 Å². The van der Waals surface area contributed by atoms with E-state index in [-0.39, 0.29) is 40.6 Å². The van der Waals surface area contributed by atoms with Gasteiger partial charge in [-0.05, 0) is 75.9 Å². The van der Waals surface area contributed by atoms with E-state index >= 15 is 0 Å². The molecule has 1 fully saturated rings. The summed E-state index contributed by atoms with van der Waals surface area (Å²) in [6, 6.07) is 19.2. The first-order valence-electron chi connectivity index (χ1n) is 18.1. The van der Waals surface area contributed by atoms with Crippen molar-refractivity contribution < 1.29 is 23.4 Å². The molecule has 2 aromatic heterocycles. The second-order valence-corrected chi connectivity index (χ2v) is 18.5. The number of aliphatic hydroxyl groups excluding tert-OH is 1. The molecule has 0 bridgehead atoms. The Labute approximate surface area is 327 Å². The number of hydrogen-bond donors (Lipinski definition) is 2. The highest BCUT2D eigenvalue weighted by Gasteiger charge is 2.48. The highest BCUT2D eigenvalue weighted by molar-refractivity contribution is 7.89. The third-order valence-corrected chi connectivity index (χ3v) is 14.2. The van der Waals surface area contributed by atoms with E-state index in [0.717, 1.165) is 23.6 Å². The molecule has 10 nitrogen and oxygen atoms in total. The Morgan fingerprint density at radius 3 is 2.30 bits per heavy atom. The number of carbonyl (C=O) groups is 1. The minimum absolute atomic E-state index is 0.0544. The Kier molecular flexibility index (Phi) is 11.4. The van der Waals surface area contributed by atoms with Gasteiger partial charge in [-0.25, -0.2) is 13.1 Å². The van der Waals surface area contributed by atoms with Crippen molar-refractivity contribution in [2.75, 3.05) is 6.54 Å². The van der Waals surface area contributed by atoms with Crippen LogP contribution in [-0.2, 0) is 28.4 Å². The largest absolute Gasteiger partial charge is 0.481 e. The van der Waals surface area contributed by atoms with Crippen LogP contribution in [0.25, 0.3) is 11.0 Å². The molecule has 3 atom stereocenters. The lowest BCUT2D eigenvalue weighted by molar-refractivity contribution is -0.146. The van der Waals surface area contributed by atoms with E-state index in [1.54, 1.807) is 48.1 Å². The molecule has 1 saturated heterocycles. The predicted octanol–water partition coefficient (Wildman–Crippen LogP) is 7.61. The minimum atomic E-state index is -3.95. The van der Waals surface area contributed by atoms with Gasteiger partial charge in [0, 0.05) is 48.5 Å². The molecule has 1 aliphatic rings. The molecular formula is C40H46BCl2N5O5S. The van der Waals surface area contributed by atoms with Crippen molar-refractivity contribution in [1.82, 2.24) is 24.3 Å². The van der Waals surface area contributed by atoms with Gasteiger partial charge in [-0.3, -0.25) is 9.78 Å². The Morgan fingerprint density at radius 2 is 1.65 bits per heavy atom. The van der Waals surface area contributed by atoms with Gasteiger partial charge in [0.05, 0.1) is 17.5 Å². The summed E-state index contributed by atoms with van der Waals surface area (Å²) in [6.07, 6.45) is 3.72. The molecule has 3 unspecified atom stereocenters. The lowest BCUT2D eigenvalue weighted by Crippen LogP contribution is -2.33. The normalized spacial score (nSPS) is 17.2. The fourth-order valence-corrected chi connectivity index (χ4v) is 9.81. The number of nitrogens with zero attached hydrogens (tertiary/aromatic N) is 5. The number of aliphatic carboxylic acids is 1. The summed E-state index contributed by atoms with van der Waals surface area (Å²) < 4.78 is 30.5.